The molecule has 3 heteroatoms. The maximum absolute atomic E-state index is 13.0. The molecule has 2 aliphatic heterocycles. The average molecular weight is 310 g/mol. The fourth-order valence-corrected chi connectivity index (χ4v) is 4.63. The molecule has 0 aromatic heterocycles. The fourth-order valence-electron chi connectivity index (χ4n) is 4.63. The van der Waals surface area contributed by atoms with E-state index in [9.17, 15) is 4.79 Å². The number of amides is 1. The van der Waals surface area contributed by atoms with Gasteiger partial charge in [0.1, 0.15) is 5.54 Å². The van der Waals surface area contributed by atoms with Crippen LogP contribution in [0.4, 0.5) is 0 Å². The zero-order valence-corrected chi connectivity index (χ0v) is 13.8. The van der Waals surface area contributed by atoms with Crippen molar-refractivity contribution in [1.29, 1.82) is 0 Å². The van der Waals surface area contributed by atoms with Crippen molar-refractivity contribution in [1.82, 2.24) is 10.2 Å². The number of hydrogen-bond acceptors (Lipinski definition) is 2. The van der Waals surface area contributed by atoms with Crippen LogP contribution in [0.3, 0.4) is 0 Å². The van der Waals surface area contributed by atoms with Crippen LogP contribution < -0.4 is 5.32 Å². The van der Waals surface area contributed by atoms with Crippen molar-refractivity contribution in [2.24, 2.45) is 5.92 Å². The molecular weight excluding hydrogens is 284 g/mol. The standard InChI is InChI=1S/C20H26N2O/c23-19-20(13-17-9-4-5-10-18(17)14-21-19)11-6-12-22(20)15-16-7-2-1-3-8-16/h1-2,4-5,9-10,16H,3,6-8,11-15H2,(H,21,23). The van der Waals surface area contributed by atoms with Crippen molar-refractivity contribution >= 4 is 5.91 Å². The van der Waals surface area contributed by atoms with Crippen LogP contribution in [0.15, 0.2) is 36.4 Å². The molecule has 122 valence electrons. The van der Waals surface area contributed by atoms with Crippen LogP contribution >= 0.6 is 0 Å². The minimum atomic E-state index is -0.312. The Bertz CT molecular complexity index is 624. The topological polar surface area (TPSA) is 32.3 Å². The number of nitrogens with zero attached hydrogens (tertiary/aromatic N) is 1. The van der Waals surface area contributed by atoms with E-state index in [1.54, 1.807) is 0 Å². The Morgan fingerprint density at radius 3 is 2.91 bits per heavy atom. The number of carbonyl (C=O) groups excluding carboxylic acids is 1. The number of fused-ring (bicyclic) bond motifs is 1. The van der Waals surface area contributed by atoms with Gasteiger partial charge < -0.3 is 5.32 Å². The Labute approximate surface area is 138 Å². The lowest BCUT2D eigenvalue weighted by Crippen LogP contribution is -2.56. The molecule has 1 spiro atoms. The first kappa shape index (κ1) is 14.9. The van der Waals surface area contributed by atoms with Gasteiger partial charge >= 0.3 is 0 Å². The van der Waals surface area contributed by atoms with Crippen molar-refractivity contribution in [3.63, 3.8) is 0 Å². The minimum Gasteiger partial charge on any atom is -0.350 e. The van der Waals surface area contributed by atoms with E-state index in [4.69, 9.17) is 0 Å². The van der Waals surface area contributed by atoms with Crippen LogP contribution in [0.2, 0.25) is 0 Å². The molecule has 3 nitrogen and oxygen atoms in total. The van der Waals surface area contributed by atoms with Crippen molar-refractivity contribution in [2.45, 2.75) is 50.6 Å². The third-order valence-electron chi connectivity index (χ3n) is 5.94. The fraction of sp³-hybridized carbons (Fsp3) is 0.550. The number of allylic oxidation sites excluding steroid dienone is 2. The maximum Gasteiger partial charge on any atom is 0.241 e. The molecule has 2 unspecified atom stereocenters. The van der Waals surface area contributed by atoms with Crippen LogP contribution in [-0.4, -0.2) is 29.4 Å². The Kier molecular flexibility index (Phi) is 3.98. The zero-order valence-electron chi connectivity index (χ0n) is 13.8. The van der Waals surface area contributed by atoms with Crippen molar-refractivity contribution in [3.8, 4) is 0 Å². The predicted octanol–water partition coefficient (Wildman–Crippen LogP) is 3.05. The molecular formula is C20H26N2O. The van der Waals surface area contributed by atoms with E-state index in [2.05, 4.69) is 46.6 Å². The second-order valence-electron chi connectivity index (χ2n) is 7.36. The highest BCUT2D eigenvalue weighted by molar-refractivity contribution is 5.87. The summed E-state index contributed by atoms with van der Waals surface area (Å²) in [7, 11) is 0. The van der Waals surface area contributed by atoms with E-state index in [-0.39, 0.29) is 11.4 Å². The van der Waals surface area contributed by atoms with Gasteiger partial charge in [-0.25, -0.2) is 0 Å². The van der Waals surface area contributed by atoms with E-state index in [0.29, 0.717) is 12.5 Å². The van der Waals surface area contributed by atoms with Gasteiger partial charge in [0.25, 0.3) is 0 Å². The van der Waals surface area contributed by atoms with Gasteiger partial charge in [-0.3, -0.25) is 9.69 Å². The first-order valence-electron chi connectivity index (χ1n) is 9.03. The van der Waals surface area contributed by atoms with Crippen LogP contribution in [-0.2, 0) is 17.8 Å². The van der Waals surface area contributed by atoms with Crippen LogP contribution in [0.25, 0.3) is 0 Å². The molecule has 0 bridgehead atoms. The average Bonchev–Trinajstić information content (AvgIpc) is 2.91. The number of benzene rings is 1. The van der Waals surface area contributed by atoms with Crippen molar-refractivity contribution in [2.75, 3.05) is 13.1 Å². The smallest absolute Gasteiger partial charge is 0.241 e. The third-order valence-corrected chi connectivity index (χ3v) is 5.94. The van der Waals surface area contributed by atoms with E-state index in [0.717, 1.165) is 32.4 Å². The first-order valence-corrected chi connectivity index (χ1v) is 9.03. The Hall–Kier alpha value is -1.61. The molecule has 2 heterocycles. The second-order valence-corrected chi connectivity index (χ2v) is 7.36. The minimum absolute atomic E-state index is 0.248. The molecule has 1 N–H and O–H groups in total. The zero-order chi connectivity index (χ0) is 15.7. The predicted molar refractivity (Wildman–Crippen MR) is 92.0 cm³/mol. The van der Waals surface area contributed by atoms with Crippen LogP contribution in [0, 0.1) is 5.92 Å². The van der Waals surface area contributed by atoms with Gasteiger partial charge in [0.2, 0.25) is 5.91 Å². The monoisotopic (exact) mass is 310 g/mol. The van der Waals surface area contributed by atoms with Gasteiger partial charge in [-0.05, 0) is 55.7 Å². The third kappa shape index (κ3) is 2.72. The number of nitrogens with one attached hydrogen (secondary N) is 1. The Morgan fingerprint density at radius 1 is 1.22 bits per heavy atom. The number of carbonyl (C=O) groups is 1. The molecule has 1 amide bonds. The molecule has 1 saturated heterocycles. The van der Waals surface area contributed by atoms with Gasteiger partial charge in [-0.1, -0.05) is 36.4 Å². The lowest BCUT2D eigenvalue weighted by Gasteiger charge is -2.38. The van der Waals surface area contributed by atoms with Crippen molar-refractivity contribution < 1.29 is 4.79 Å². The first-order chi connectivity index (χ1) is 11.3. The molecule has 0 saturated carbocycles. The summed E-state index contributed by atoms with van der Waals surface area (Å²) in [6.45, 7) is 2.81. The quantitative estimate of drug-likeness (QED) is 0.852. The molecule has 2 atom stereocenters. The van der Waals surface area contributed by atoms with E-state index in [1.165, 1.54) is 30.4 Å². The molecule has 23 heavy (non-hydrogen) atoms. The largest absolute Gasteiger partial charge is 0.350 e. The maximum atomic E-state index is 13.0. The summed E-state index contributed by atoms with van der Waals surface area (Å²) >= 11 is 0. The lowest BCUT2D eigenvalue weighted by molar-refractivity contribution is -0.132. The summed E-state index contributed by atoms with van der Waals surface area (Å²) in [5.41, 5.74) is 2.32. The number of likely N-dealkylation sites (tertiary alicyclic amines) is 1. The SMILES string of the molecule is O=C1NCc2ccccc2CC12CCCN2CC1CC=CCC1. The Morgan fingerprint density at radius 2 is 2.09 bits per heavy atom. The molecule has 4 rings (SSSR count). The summed E-state index contributed by atoms with van der Waals surface area (Å²) in [6, 6.07) is 8.54. The summed E-state index contributed by atoms with van der Waals surface area (Å²) in [5, 5.41) is 3.21. The van der Waals surface area contributed by atoms with Crippen LogP contribution in [0.1, 0.15) is 43.2 Å². The molecule has 3 aliphatic rings. The summed E-state index contributed by atoms with van der Waals surface area (Å²) < 4.78 is 0. The lowest BCUT2D eigenvalue weighted by atomic mass is 9.85. The van der Waals surface area contributed by atoms with E-state index >= 15 is 0 Å². The van der Waals surface area contributed by atoms with Crippen LogP contribution in [0.5, 0.6) is 0 Å². The molecule has 1 aliphatic carbocycles. The van der Waals surface area contributed by atoms with E-state index in [1.807, 2.05) is 0 Å². The number of rotatable bonds is 2. The highest BCUT2D eigenvalue weighted by Gasteiger charge is 2.48. The van der Waals surface area contributed by atoms with Gasteiger partial charge in [-0.2, -0.15) is 0 Å². The van der Waals surface area contributed by atoms with E-state index < -0.39 is 0 Å². The molecule has 1 fully saturated rings. The second kappa shape index (κ2) is 6.12. The summed E-state index contributed by atoms with van der Waals surface area (Å²) in [5.74, 6) is 0.957. The highest BCUT2D eigenvalue weighted by atomic mass is 16.2. The van der Waals surface area contributed by atoms with Crippen molar-refractivity contribution in [3.05, 3.63) is 47.5 Å². The highest BCUT2D eigenvalue weighted by Crippen LogP contribution is 2.37. The van der Waals surface area contributed by atoms with Gasteiger partial charge in [0, 0.05) is 19.5 Å². The summed E-state index contributed by atoms with van der Waals surface area (Å²) in [6.07, 6.45) is 11.3. The van der Waals surface area contributed by atoms with Gasteiger partial charge in [0.05, 0.1) is 0 Å². The van der Waals surface area contributed by atoms with Gasteiger partial charge in [-0.15, -0.1) is 0 Å². The summed E-state index contributed by atoms with van der Waals surface area (Å²) in [4.78, 5) is 15.5. The number of hydrogen-bond donors (Lipinski definition) is 1. The molecule has 1 aromatic rings. The van der Waals surface area contributed by atoms with Gasteiger partial charge in [0.15, 0.2) is 0 Å². The normalized spacial score (nSPS) is 31.0. The molecule has 0 radical (unpaired) electrons. The Balaban J connectivity index is 1.61. The molecule has 1 aromatic carbocycles.